The molecular weight excluding hydrogens is 1820 g/mol. The number of rotatable bonds is 16. The Morgan fingerprint density at radius 2 is 0.978 bits per heavy atom. The van der Waals surface area contributed by atoms with Crippen LogP contribution in [-0.2, 0) is 49.6 Å². The lowest BCUT2D eigenvalue weighted by molar-refractivity contribution is -0.129. The van der Waals surface area contributed by atoms with Gasteiger partial charge in [-0.05, 0) is 258 Å². The summed E-state index contributed by atoms with van der Waals surface area (Å²) in [7, 11) is 1.39. The molecule has 5 heterocycles. The van der Waals surface area contributed by atoms with Crippen LogP contribution >= 0.6 is 15.9 Å². The lowest BCUT2D eigenvalue weighted by Crippen LogP contribution is -2.30. The zero-order chi connectivity index (χ0) is 99.2. The van der Waals surface area contributed by atoms with E-state index in [0.29, 0.717) is 141 Å². The molecule has 0 spiro atoms. The van der Waals surface area contributed by atoms with Crippen molar-refractivity contribution in [1.29, 1.82) is 31.6 Å². The first-order chi connectivity index (χ1) is 65.7. The Kier molecular flexibility index (Phi) is 34.1. The first-order valence-corrected chi connectivity index (χ1v) is 44.4. The molecule has 0 radical (unpaired) electrons. The molecule has 700 valence electrons. The molecule has 0 bridgehead atoms. The number of esters is 1. The number of ether oxygens (including phenoxy) is 5. The van der Waals surface area contributed by atoms with Gasteiger partial charge in [-0.2, -0.15) is 36.6 Å². The number of methoxy groups -OCH3 is 1. The molecule has 4 amide bonds. The number of likely N-dealkylation sites (tertiary alicyclic amines) is 1. The Balaban J connectivity index is 0.000000154. The average Bonchev–Trinajstić information content (AvgIpc) is 1.59. The van der Waals surface area contributed by atoms with Gasteiger partial charge in [0.25, 0.3) is 5.89 Å². The van der Waals surface area contributed by atoms with E-state index in [-0.39, 0.29) is 120 Å². The molecule has 35 heteroatoms. The number of β-amino-alcohol motifs (C(OH)–C–C–N with tert-alkyl or cyclic N) is 1. The maximum absolute atomic E-state index is 12.6. The van der Waals surface area contributed by atoms with Gasteiger partial charge < -0.3 is 81.2 Å². The number of carbonyl (C=O) groups is 6. The van der Waals surface area contributed by atoms with E-state index >= 15 is 0 Å². The van der Waals surface area contributed by atoms with Crippen LogP contribution in [0.4, 0.5) is 10.1 Å². The number of aromatic carboxylic acids is 1. The van der Waals surface area contributed by atoms with Gasteiger partial charge >= 0.3 is 11.9 Å². The lowest BCUT2D eigenvalue weighted by Gasteiger charge is -2.24. The Labute approximate surface area is 797 Å². The second-order valence-electron chi connectivity index (χ2n) is 33.6. The summed E-state index contributed by atoms with van der Waals surface area (Å²) in [5.41, 5.74) is 25.4. The van der Waals surface area contributed by atoms with E-state index in [4.69, 9.17) is 88.1 Å². The van der Waals surface area contributed by atoms with Gasteiger partial charge in [-0.25, -0.2) is 18.8 Å². The number of carboxylic acids is 1. The van der Waals surface area contributed by atoms with Crippen LogP contribution in [0.15, 0.2) is 183 Å². The van der Waals surface area contributed by atoms with E-state index in [1.807, 2.05) is 128 Å². The van der Waals surface area contributed by atoms with Gasteiger partial charge in [-0.1, -0.05) is 86.0 Å². The lowest BCUT2D eigenvalue weighted by atomic mass is 10.0. The van der Waals surface area contributed by atoms with Gasteiger partial charge in [-0.3, -0.25) is 19.2 Å². The van der Waals surface area contributed by atoms with Crippen molar-refractivity contribution in [1.82, 2.24) is 31.0 Å². The molecule has 10 aromatic rings. The number of hydrogen-bond donors (Lipinski definition) is 9. The van der Waals surface area contributed by atoms with Crippen molar-refractivity contribution in [2.24, 2.45) is 45.5 Å². The van der Waals surface area contributed by atoms with Crippen LogP contribution in [-0.4, -0.2) is 128 Å². The number of fused-ring (bicyclic) bond motifs is 12. The molecular formula is C102H97BrFN17O16. The predicted molar refractivity (Wildman–Crippen MR) is 500 cm³/mol. The molecule has 1 aromatic heterocycles. The molecule has 137 heavy (non-hydrogen) atoms. The third-order valence-electron chi connectivity index (χ3n) is 23.1. The van der Waals surface area contributed by atoms with E-state index in [0.717, 1.165) is 64.3 Å². The highest BCUT2D eigenvalue weighted by molar-refractivity contribution is 9.10. The number of aliphatic hydroxyl groups is 1. The Hall–Kier alpha value is -16.5. The van der Waals surface area contributed by atoms with Gasteiger partial charge in [0.05, 0.1) is 119 Å². The van der Waals surface area contributed by atoms with Crippen molar-refractivity contribution >= 4 is 68.9 Å². The third kappa shape index (κ3) is 24.3. The topological polar surface area (TPSA) is 532 Å². The smallest absolute Gasteiger partial charge is 0.338 e. The van der Waals surface area contributed by atoms with E-state index in [9.17, 15) is 43.5 Å². The van der Waals surface area contributed by atoms with Crippen molar-refractivity contribution in [2.75, 3.05) is 20.3 Å². The number of amides is 4. The van der Waals surface area contributed by atoms with E-state index < -0.39 is 11.8 Å². The van der Waals surface area contributed by atoms with E-state index in [1.54, 1.807) is 77.7 Å². The Morgan fingerprint density at radius 1 is 0.540 bits per heavy atom. The molecule has 4 aliphatic heterocycles. The number of oxime groups is 2. The molecule has 4 fully saturated rings. The van der Waals surface area contributed by atoms with Gasteiger partial charge in [0, 0.05) is 59.0 Å². The van der Waals surface area contributed by atoms with Crippen molar-refractivity contribution in [3.63, 3.8) is 0 Å². The fourth-order valence-corrected chi connectivity index (χ4v) is 17.9. The molecule has 33 nitrogen and oxygen atoms in total. The number of hydrogen-bond acceptors (Lipinski definition) is 25. The molecule has 4 aliphatic carbocycles. The van der Waals surface area contributed by atoms with Gasteiger partial charge in [0.1, 0.15) is 59.2 Å². The minimum Gasteiger partial charge on any atom is -0.490 e. The molecule has 11 N–H and O–H groups in total. The van der Waals surface area contributed by atoms with E-state index in [1.165, 1.54) is 53.0 Å². The summed E-state index contributed by atoms with van der Waals surface area (Å²) in [4.78, 5) is 78.4. The first-order valence-electron chi connectivity index (χ1n) is 43.6. The van der Waals surface area contributed by atoms with Crippen molar-refractivity contribution in [2.45, 2.75) is 155 Å². The largest absolute Gasteiger partial charge is 0.490 e. The highest BCUT2D eigenvalue weighted by atomic mass is 79.9. The maximum Gasteiger partial charge on any atom is 0.338 e. The maximum atomic E-state index is 12.6. The number of halogens is 2. The standard InChI is InChI=1S/C25H24N4O4.C13H13NO3.C12H11NO3.C11H10BrNO.2C11H13N3O2.C11H10N2O.C8H3FN2/c1-14(2)32-21-7-6-15(10-17(21)13-26)24-27-25(33-28-24)19-5-3-4-18-20(19)11-16-12-22(31)29(8-9-30)23(16)18;1-17-13(16)9-4-2-3-8-10(9)5-7-6-11(15)14-12(7)8;14-10-5-6-4-9-7(11(6)13-10)2-1-3-8(9)12(15)16;12-9-3-1-2-7-8(9)4-6-5-10(14)13-11(6)7;2*1-7(2)16-10-4-3-8(11(13)14-15)5-9(10)6-12;1-8(2)14-11-4-3-9(6-12)5-10(11)7-13;1-11-7-2-3-8(9)6(4-7)5-10/h3-7,10,14,16,23,30H,8-9,11-12H2,1-2H3;2-4,7,12H,5-6H2,1H3,(H,14,15);1-3,6,11H,4-5H2,(H,13,14)(H,15,16);1-3,6,11H,4-5H2,(H,13,14);2*3-5,7,15H,1-2H3,(H2,13,14);3-5,8H,1-2H3;2-4H/t16-,23?;7-,12?;2*6-,11?;;;;/m1111..../s1. The number of aromatic nitrogens is 2. The van der Waals surface area contributed by atoms with Crippen LogP contribution in [0.1, 0.15) is 215 Å². The number of aliphatic hydroxyl groups excluding tert-OH is 1. The Bertz CT molecular complexity index is 6560. The highest BCUT2D eigenvalue weighted by Crippen LogP contribution is 2.51. The fourth-order valence-electron chi connectivity index (χ4n) is 17.4. The molecule has 8 aliphatic rings. The second kappa shape index (κ2) is 46.2. The van der Waals surface area contributed by atoms with Gasteiger partial charge in [-0.15, -0.1) is 0 Å². The number of amidine groups is 2. The number of nitrogens with two attached hydrogens (primary N) is 2. The summed E-state index contributed by atoms with van der Waals surface area (Å²) < 4.78 is 46.1. The number of benzene rings is 9. The summed E-state index contributed by atoms with van der Waals surface area (Å²) in [6.07, 6.45) is 5.45. The molecule has 4 unspecified atom stereocenters. The summed E-state index contributed by atoms with van der Waals surface area (Å²) >= 11 is 3.56. The normalized spacial score (nSPS) is 17.9. The number of carboxylic acid groups (broad SMARTS) is 1. The van der Waals surface area contributed by atoms with Crippen LogP contribution in [0, 0.1) is 104 Å². The SMILES string of the molecule is CC(C)Oc1ccc(-c2noc(-c3cccc4c3C[C@@H]3CC(=O)N(CCO)C43)n2)cc1C#N.CC(C)Oc1ccc(C#N)cc1C#N.CC(C)Oc1ccc(C(N)=NO)cc1C#N.CC(C)Oc1ccc(C(N)=NO)cc1C#N.COC(=O)c1cccc2c1C[C@@H]1CC(=O)NC21.O=C1C[C@H]2Cc3c(Br)cccc3C2N1.O=C1C[C@H]2Cc3c(C(=O)O)cccc3C2N1.[C-]#[N+]c1ccc(F)c(C#N)c1. The quantitative estimate of drug-likeness (QED) is 0.0108. The van der Waals surface area contributed by atoms with Crippen LogP contribution < -0.4 is 46.4 Å². The highest BCUT2D eigenvalue weighted by Gasteiger charge is 2.48. The minimum absolute atomic E-state index is 0.0122. The molecule has 9 aromatic carbocycles. The zero-order valence-corrected chi connectivity index (χ0v) is 77.6. The summed E-state index contributed by atoms with van der Waals surface area (Å²) in [5, 5.41) is 107. The number of nitrogens with zero attached hydrogens (tertiary/aromatic N) is 12. The monoisotopic (exact) mass is 1910 g/mol. The number of carbonyl (C=O) groups excluding carboxylic acids is 5. The summed E-state index contributed by atoms with van der Waals surface area (Å²) in [6, 6.07) is 58.5. The molecule has 4 saturated heterocycles. The molecule has 0 saturated carbocycles. The van der Waals surface area contributed by atoms with Crippen molar-refractivity contribution < 1.29 is 82.0 Å². The summed E-state index contributed by atoms with van der Waals surface area (Å²) in [5.74, 6) is 2.67. The van der Waals surface area contributed by atoms with Crippen LogP contribution in [0.3, 0.4) is 0 Å². The van der Waals surface area contributed by atoms with Gasteiger partial charge in [0.15, 0.2) is 17.4 Å². The number of nitrogens with one attached hydrogen (secondary N) is 3. The minimum atomic E-state index is -0.886. The Morgan fingerprint density at radius 3 is 1.45 bits per heavy atom. The third-order valence-corrected chi connectivity index (χ3v) is 23.8. The van der Waals surface area contributed by atoms with Crippen LogP contribution in [0.25, 0.3) is 27.7 Å². The zero-order valence-electron chi connectivity index (χ0n) is 76.1. The number of nitriles is 6. The van der Waals surface area contributed by atoms with Crippen LogP contribution in [0.2, 0.25) is 0 Å². The molecule has 18 rings (SSSR count). The fraction of sp³-hybridized carbons (Fsp3) is 0.304. The van der Waals surface area contributed by atoms with Crippen molar-refractivity contribution in [3.8, 4) is 82.3 Å². The van der Waals surface area contributed by atoms with E-state index in [2.05, 4.69) is 75.4 Å². The van der Waals surface area contributed by atoms with Gasteiger partial charge in [0.2, 0.25) is 29.5 Å². The molecule has 8 atom stereocenters. The predicted octanol–water partition coefficient (Wildman–Crippen LogP) is 15.4. The van der Waals surface area contributed by atoms with Crippen LogP contribution in [0.5, 0.6) is 23.0 Å². The average molecular weight is 1920 g/mol. The second-order valence-corrected chi connectivity index (χ2v) is 34.5. The summed E-state index contributed by atoms with van der Waals surface area (Å²) in [6.45, 7) is 22.0. The first kappa shape index (κ1) is 101. The van der Waals surface area contributed by atoms with Crippen molar-refractivity contribution in [3.05, 3.63) is 286 Å².